The van der Waals surface area contributed by atoms with Crippen LogP contribution in [0.2, 0.25) is 5.02 Å². The predicted octanol–water partition coefficient (Wildman–Crippen LogP) is 4.48. The van der Waals surface area contributed by atoms with Crippen LogP contribution in [0.1, 0.15) is 57.6 Å². The number of hydrogen-bond donors (Lipinski definition) is 2. The topological polar surface area (TPSA) is 55.1 Å². The number of benzene rings is 1. The molecule has 0 aromatic heterocycles. The molecule has 0 aliphatic carbocycles. The monoisotopic (exact) mass is 346 g/mol. The molecule has 0 aliphatic rings. The van der Waals surface area contributed by atoms with Gasteiger partial charge in [-0.2, -0.15) is 0 Å². The Bertz CT molecular complexity index is 438. The van der Waals surface area contributed by atoms with Gasteiger partial charge in [-0.3, -0.25) is 4.79 Å². The molecule has 1 rings (SSSR count). The van der Waals surface area contributed by atoms with Crippen molar-refractivity contribution in [3.63, 3.8) is 0 Å². The van der Waals surface area contributed by atoms with Gasteiger partial charge < -0.3 is 11.1 Å². The van der Waals surface area contributed by atoms with E-state index in [9.17, 15) is 4.79 Å². The van der Waals surface area contributed by atoms with Gasteiger partial charge in [-0.05, 0) is 36.9 Å². The molecular formula is C17H28Cl2N2O. The summed E-state index contributed by atoms with van der Waals surface area (Å²) in [5.74, 6) is 0.396. The molecule has 0 bridgehead atoms. The number of amides is 1. The fraction of sp³-hybridized carbons (Fsp3) is 0.588. The van der Waals surface area contributed by atoms with E-state index in [4.69, 9.17) is 17.3 Å². The predicted molar refractivity (Wildman–Crippen MR) is 96.6 cm³/mol. The average Bonchev–Trinajstić information content (AvgIpc) is 2.45. The molecular weight excluding hydrogens is 319 g/mol. The Kier molecular flexibility index (Phi) is 11.3. The molecule has 0 saturated carbocycles. The summed E-state index contributed by atoms with van der Waals surface area (Å²) in [4.78, 5) is 12.1. The zero-order chi connectivity index (χ0) is 15.7. The number of hydrogen-bond acceptors (Lipinski definition) is 2. The van der Waals surface area contributed by atoms with E-state index in [0.717, 1.165) is 37.8 Å². The minimum Gasteiger partial charge on any atom is -0.349 e. The van der Waals surface area contributed by atoms with Crippen LogP contribution < -0.4 is 11.1 Å². The largest absolute Gasteiger partial charge is 0.349 e. The first kappa shape index (κ1) is 21.2. The van der Waals surface area contributed by atoms with Crippen LogP contribution in [-0.4, -0.2) is 12.5 Å². The number of carbonyl (C=O) groups excluding carboxylic acids is 1. The van der Waals surface area contributed by atoms with E-state index in [0.29, 0.717) is 17.4 Å². The van der Waals surface area contributed by atoms with Crippen LogP contribution in [0.15, 0.2) is 24.3 Å². The van der Waals surface area contributed by atoms with E-state index in [2.05, 4.69) is 19.2 Å². The number of halogens is 2. The zero-order valence-corrected chi connectivity index (χ0v) is 15.1. The van der Waals surface area contributed by atoms with E-state index < -0.39 is 0 Å². The third kappa shape index (κ3) is 7.48. The lowest BCUT2D eigenvalue weighted by Gasteiger charge is -2.24. The van der Waals surface area contributed by atoms with Gasteiger partial charge in [0.25, 0.3) is 0 Å². The van der Waals surface area contributed by atoms with Crippen LogP contribution in [0, 0.1) is 5.92 Å². The molecule has 126 valence electrons. The van der Waals surface area contributed by atoms with E-state index in [-0.39, 0.29) is 24.4 Å². The van der Waals surface area contributed by atoms with Crippen molar-refractivity contribution in [3.8, 4) is 0 Å². The van der Waals surface area contributed by atoms with Crippen molar-refractivity contribution in [2.45, 2.75) is 52.0 Å². The second-order valence-corrected chi connectivity index (χ2v) is 6.17. The summed E-state index contributed by atoms with van der Waals surface area (Å²) in [6.07, 6.45) is 4.68. The minimum atomic E-state index is -0.0322. The van der Waals surface area contributed by atoms with Crippen LogP contribution in [-0.2, 0) is 4.79 Å². The summed E-state index contributed by atoms with van der Waals surface area (Å²) >= 11 is 6.24. The number of nitrogens with two attached hydrogens (primary N) is 1. The van der Waals surface area contributed by atoms with E-state index in [1.807, 2.05) is 24.3 Å². The summed E-state index contributed by atoms with van der Waals surface area (Å²) in [6, 6.07) is 7.67. The van der Waals surface area contributed by atoms with E-state index in [1.165, 1.54) is 0 Å². The Morgan fingerprint density at radius 1 is 1.18 bits per heavy atom. The third-order valence-corrected chi connectivity index (χ3v) is 3.93. The highest BCUT2D eigenvalue weighted by molar-refractivity contribution is 6.31. The van der Waals surface area contributed by atoms with Crippen LogP contribution in [0.25, 0.3) is 0 Å². The van der Waals surface area contributed by atoms with Crippen LogP contribution in [0.4, 0.5) is 0 Å². The van der Waals surface area contributed by atoms with Gasteiger partial charge in [0.2, 0.25) is 5.91 Å². The fourth-order valence-corrected chi connectivity index (χ4v) is 2.61. The maximum absolute atomic E-state index is 12.1. The number of carbonyl (C=O) groups is 1. The molecule has 1 unspecified atom stereocenters. The molecule has 1 atom stereocenters. The molecule has 5 heteroatoms. The van der Waals surface area contributed by atoms with Crippen molar-refractivity contribution in [2.24, 2.45) is 11.7 Å². The lowest BCUT2D eigenvalue weighted by molar-refractivity contribution is -0.122. The quantitative estimate of drug-likeness (QED) is 0.647. The Balaban J connectivity index is 0.00000441. The van der Waals surface area contributed by atoms with Gasteiger partial charge in [-0.1, -0.05) is 56.5 Å². The molecule has 0 aliphatic heterocycles. The molecule has 1 aromatic carbocycles. The summed E-state index contributed by atoms with van der Waals surface area (Å²) in [5.41, 5.74) is 6.45. The van der Waals surface area contributed by atoms with Crippen molar-refractivity contribution in [1.29, 1.82) is 0 Å². The summed E-state index contributed by atoms with van der Waals surface area (Å²) in [6.45, 7) is 4.92. The van der Waals surface area contributed by atoms with Crippen molar-refractivity contribution in [2.75, 3.05) is 6.54 Å². The van der Waals surface area contributed by atoms with Gasteiger partial charge in [0.05, 0.1) is 6.04 Å². The zero-order valence-electron chi connectivity index (χ0n) is 13.5. The molecule has 0 spiro atoms. The number of rotatable bonds is 9. The summed E-state index contributed by atoms with van der Waals surface area (Å²) in [7, 11) is 0. The van der Waals surface area contributed by atoms with Crippen molar-refractivity contribution in [3.05, 3.63) is 34.9 Å². The van der Waals surface area contributed by atoms with Crippen LogP contribution >= 0.6 is 24.0 Å². The molecule has 22 heavy (non-hydrogen) atoms. The first-order valence-corrected chi connectivity index (χ1v) is 8.18. The SMILES string of the molecule is CC(C)C(NC(=O)CCCCCCN)c1ccccc1Cl.Cl. The molecule has 0 heterocycles. The second kappa shape index (κ2) is 11.8. The summed E-state index contributed by atoms with van der Waals surface area (Å²) in [5, 5.41) is 3.82. The van der Waals surface area contributed by atoms with Crippen molar-refractivity contribution in [1.82, 2.24) is 5.32 Å². The first-order chi connectivity index (χ1) is 10.1. The van der Waals surface area contributed by atoms with Crippen molar-refractivity contribution < 1.29 is 4.79 Å². The number of nitrogens with one attached hydrogen (secondary N) is 1. The average molecular weight is 347 g/mol. The van der Waals surface area contributed by atoms with E-state index in [1.54, 1.807) is 0 Å². The lowest BCUT2D eigenvalue weighted by Crippen LogP contribution is -2.31. The molecule has 0 fully saturated rings. The first-order valence-electron chi connectivity index (χ1n) is 7.80. The molecule has 0 saturated heterocycles. The van der Waals surface area contributed by atoms with Gasteiger partial charge in [-0.15, -0.1) is 12.4 Å². The highest BCUT2D eigenvalue weighted by atomic mass is 35.5. The van der Waals surface area contributed by atoms with Crippen LogP contribution in [0.3, 0.4) is 0 Å². The Morgan fingerprint density at radius 3 is 2.41 bits per heavy atom. The van der Waals surface area contributed by atoms with Gasteiger partial charge in [-0.25, -0.2) is 0 Å². The molecule has 0 radical (unpaired) electrons. The molecule has 3 nitrogen and oxygen atoms in total. The van der Waals surface area contributed by atoms with Gasteiger partial charge in [0.1, 0.15) is 0 Å². The van der Waals surface area contributed by atoms with Crippen LogP contribution in [0.5, 0.6) is 0 Å². The summed E-state index contributed by atoms with van der Waals surface area (Å²) < 4.78 is 0. The van der Waals surface area contributed by atoms with Crippen molar-refractivity contribution >= 4 is 29.9 Å². The third-order valence-electron chi connectivity index (χ3n) is 3.58. The smallest absolute Gasteiger partial charge is 0.220 e. The highest BCUT2D eigenvalue weighted by Crippen LogP contribution is 2.28. The Hall–Kier alpha value is -0.770. The highest BCUT2D eigenvalue weighted by Gasteiger charge is 2.20. The number of unbranched alkanes of at least 4 members (excludes halogenated alkanes) is 3. The van der Waals surface area contributed by atoms with E-state index >= 15 is 0 Å². The maximum atomic E-state index is 12.1. The standard InChI is InChI=1S/C17H27ClN2O.ClH/c1-13(2)17(14-9-6-7-10-15(14)18)20-16(21)11-5-3-4-8-12-19;/h6-7,9-10,13,17H,3-5,8,11-12,19H2,1-2H3,(H,20,21);1H. The molecule has 3 N–H and O–H groups in total. The normalized spacial score (nSPS) is 11.9. The Morgan fingerprint density at radius 2 is 1.82 bits per heavy atom. The van der Waals surface area contributed by atoms with Gasteiger partial charge >= 0.3 is 0 Å². The maximum Gasteiger partial charge on any atom is 0.220 e. The second-order valence-electron chi connectivity index (χ2n) is 5.76. The fourth-order valence-electron chi connectivity index (χ4n) is 2.36. The minimum absolute atomic E-state index is 0. The lowest BCUT2D eigenvalue weighted by atomic mass is 9.95. The van der Waals surface area contributed by atoms with Gasteiger partial charge in [0, 0.05) is 11.4 Å². The van der Waals surface area contributed by atoms with Gasteiger partial charge in [0.15, 0.2) is 0 Å². The molecule has 1 amide bonds. The molecule has 1 aromatic rings. The Labute approximate surface area is 145 Å².